The molecule has 2 amide bonds. The van der Waals surface area contributed by atoms with Gasteiger partial charge in [-0.05, 0) is 49.2 Å². The third kappa shape index (κ3) is 4.97. The van der Waals surface area contributed by atoms with Crippen molar-refractivity contribution in [3.63, 3.8) is 0 Å². The number of hydrogen-bond donors (Lipinski definition) is 3. The highest BCUT2D eigenvalue weighted by Gasteiger charge is 2.09. The minimum Gasteiger partial charge on any atom is -0.376 e. The molecule has 25 heavy (non-hydrogen) atoms. The second-order valence-corrected chi connectivity index (χ2v) is 6.10. The Morgan fingerprint density at radius 3 is 2.12 bits per heavy atom. The van der Waals surface area contributed by atoms with Crippen LogP contribution in [0.15, 0.2) is 36.4 Å². The summed E-state index contributed by atoms with van der Waals surface area (Å²) in [5.74, 6) is -0.220. The van der Waals surface area contributed by atoms with E-state index in [0.717, 1.165) is 22.5 Å². The van der Waals surface area contributed by atoms with E-state index in [1.807, 2.05) is 38.1 Å². The van der Waals surface area contributed by atoms with Crippen molar-refractivity contribution in [2.75, 3.05) is 22.5 Å². The minimum atomic E-state index is -0.173. The Hall–Kier alpha value is -2.53. The second kappa shape index (κ2) is 8.53. The summed E-state index contributed by atoms with van der Waals surface area (Å²) in [4.78, 5) is 23.8. The molecule has 0 aromatic heterocycles. The lowest BCUT2D eigenvalue weighted by atomic mass is 10.1. The number of benzene rings is 2. The lowest BCUT2D eigenvalue weighted by molar-refractivity contribution is -0.116. The summed E-state index contributed by atoms with van der Waals surface area (Å²) >= 11 is 6.06. The Morgan fingerprint density at radius 2 is 1.44 bits per heavy atom. The van der Waals surface area contributed by atoms with Gasteiger partial charge in [-0.15, -0.1) is 0 Å². The number of hydrogen-bond acceptors (Lipinski definition) is 3. The highest BCUT2D eigenvalue weighted by atomic mass is 35.5. The lowest BCUT2D eigenvalue weighted by Gasteiger charge is -2.14. The van der Waals surface area contributed by atoms with Crippen LogP contribution in [-0.2, 0) is 9.59 Å². The fourth-order valence-electron chi connectivity index (χ4n) is 2.31. The van der Waals surface area contributed by atoms with Crippen LogP contribution >= 0.6 is 11.6 Å². The van der Waals surface area contributed by atoms with E-state index in [-0.39, 0.29) is 18.4 Å². The fourth-order valence-corrected chi connectivity index (χ4v) is 2.49. The van der Waals surface area contributed by atoms with Gasteiger partial charge in [0.1, 0.15) is 0 Å². The molecule has 0 fully saturated rings. The number of carbonyl (C=O) groups is 2. The molecule has 0 atom stereocenters. The first-order chi connectivity index (χ1) is 11.9. The molecule has 6 heteroatoms. The molecule has 3 N–H and O–H groups in total. The maximum atomic E-state index is 12.2. The monoisotopic (exact) mass is 359 g/mol. The molecule has 132 valence electrons. The van der Waals surface area contributed by atoms with E-state index in [9.17, 15) is 9.59 Å². The summed E-state index contributed by atoms with van der Waals surface area (Å²) in [6.07, 6.45) is 0.415. The Bertz CT molecular complexity index is 790. The number of halogens is 1. The SMILES string of the molecule is CCC(=O)Nc1cccc(NCC(=O)Nc2cccc(Cl)c2C)c1C. The van der Waals surface area contributed by atoms with Gasteiger partial charge in [0.15, 0.2) is 0 Å². The summed E-state index contributed by atoms with van der Waals surface area (Å²) in [5.41, 5.74) is 3.95. The molecule has 0 spiro atoms. The normalized spacial score (nSPS) is 10.2. The lowest BCUT2D eigenvalue weighted by Crippen LogP contribution is -2.22. The first-order valence-electron chi connectivity index (χ1n) is 8.10. The van der Waals surface area contributed by atoms with Crippen molar-refractivity contribution in [1.29, 1.82) is 0 Å². The van der Waals surface area contributed by atoms with Gasteiger partial charge in [-0.25, -0.2) is 0 Å². The minimum absolute atomic E-state index is 0.0468. The van der Waals surface area contributed by atoms with Crippen molar-refractivity contribution < 1.29 is 9.59 Å². The zero-order chi connectivity index (χ0) is 18.4. The van der Waals surface area contributed by atoms with Crippen molar-refractivity contribution in [2.24, 2.45) is 0 Å². The van der Waals surface area contributed by atoms with Crippen molar-refractivity contribution in [1.82, 2.24) is 0 Å². The standard InChI is InChI=1S/C19H22ClN3O2/c1-4-18(24)22-17-10-6-8-15(13(17)3)21-11-19(25)23-16-9-5-7-14(20)12(16)2/h5-10,21H,4,11H2,1-3H3,(H,22,24)(H,23,25). The van der Waals surface area contributed by atoms with Crippen LogP contribution in [0.25, 0.3) is 0 Å². The Kier molecular flexibility index (Phi) is 6.42. The van der Waals surface area contributed by atoms with Gasteiger partial charge in [-0.1, -0.05) is 30.7 Å². The summed E-state index contributed by atoms with van der Waals surface area (Å²) in [5, 5.41) is 9.40. The van der Waals surface area contributed by atoms with Crippen molar-refractivity contribution in [2.45, 2.75) is 27.2 Å². The molecule has 0 radical (unpaired) electrons. The summed E-state index contributed by atoms with van der Waals surface area (Å²) in [6.45, 7) is 5.66. The Labute approximate surface area is 152 Å². The molecule has 2 aromatic rings. The Balaban J connectivity index is 2.01. The summed E-state index contributed by atoms with van der Waals surface area (Å²) in [6, 6.07) is 10.9. The fraction of sp³-hybridized carbons (Fsp3) is 0.263. The van der Waals surface area contributed by atoms with Crippen LogP contribution in [0.1, 0.15) is 24.5 Å². The molecule has 2 rings (SSSR count). The first kappa shape index (κ1) is 18.8. The third-order valence-electron chi connectivity index (χ3n) is 3.91. The zero-order valence-electron chi connectivity index (χ0n) is 14.6. The smallest absolute Gasteiger partial charge is 0.243 e. The predicted octanol–water partition coefficient (Wildman–Crippen LogP) is 4.36. The molecule has 0 aliphatic heterocycles. The van der Waals surface area contributed by atoms with Gasteiger partial charge < -0.3 is 16.0 Å². The van der Waals surface area contributed by atoms with Crippen molar-refractivity contribution >= 4 is 40.5 Å². The predicted molar refractivity (Wildman–Crippen MR) is 103 cm³/mol. The van der Waals surface area contributed by atoms with Gasteiger partial charge in [0.2, 0.25) is 11.8 Å². The quantitative estimate of drug-likeness (QED) is 0.717. The Morgan fingerprint density at radius 1 is 0.880 bits per heavy atom. The molecule has 0 unspecified atom stereocenters. The molecule has 0 saturated heterocycles. The van der Waals surface area contributed by atoms with Crippen LogP contribution in [-0.4, -0.2) is 18.4 Å². The topological polar surface area (TPSA) is 70.2 Å². The largest absolute Gasteiger partial charge is 0.376 e. The van der Waals surface area contributed by atoms with Gasteiger partial charge in [0, 0.05) is 28.5 Å². The van der Waals surface area contributed by atoms with Crippen LogP contribution in [0.4, 0.5) is 17.1 Å². The van der Waals surface area contributed by atoms with E-state index in [2.05, 4.69) is 16.0 Å². The second-order valence-electron chi connectivity index (χ2n) is 5.69. The first-order valence-corrected chi connectivity index (χ1v) is 8.48. The van der Waals surface area contributed by atoms with E-state index in [0.29, 0.717) is 17.1 Å². The summed E-state index contributed by atoms with van der Waals surface area (Å²) in [7, 11) is 0. The average molecular weight is 360 g/mol. The van der Waals surface area contributed by atoms with Gasteiger partial charge in [0.25, 0.3) is 0 Å². The number of rotatable bonds is 6. The third-order valence-corrected chi connectivity index (χ3v) is 4.32. The van der Waals surface area contributed by atoms with Crippen LogP contribution in [0.3, 0.4) is 0 Å². The average Bonchev–Trinajstić information content (AvgIpc) is 2.59. The molecular weight excluding hydrogens is 338 g/mol. The molecule has 0 saturated carbocycles. The zero-order valence-corrected chi connectivity index (χ0v) is 15.3. The maximum absolute atomic E-state index is 12.2. The highest BCUT2D eigenvalue weighted by molar-refractivity contribution is 6.31. The molecule has 0 bridgehead atoms. The van der Waals surface area contributed by atoms with Crippen LogP contribution in [0.2, 0.25) is 5.02 Å². The van der Waals surface area contributed by atoms with E-state index in [4.69, 9.17) is 11.6 Å². The van der Waals surface area contributed by atoms with Gasteiger partial charge in [-0.3, -0.25) is 9.59 Å². The number of carbonyl (C=O) groups excluding carboxylic acids is 2. The molecule has 2 aromatic carbocycles. The summed E-state index contributed by atoms with van der Waals surface area (Å²) < 4.78 is 0. The van der Waals surface area contributed by atoms with E-state index in [1.54, 1.807) is 19.1 Å². The molecular formula is C19H22ClN3O2. The molecule has 0 aliphatic rings. The van der Waals surface area contributed by atoms with E-state index < -0.39 is 0 Å². The van der Waals surface area contributed by atoms with Crippen LogP contribution < -0.4 is 16.0 Å². The van der Waals surface area contributed by atoms with Crippen molar-refractivity contribution in [3.05, 3.63) is 52.5 Å². The highest BCUT2D eigenvalue weighted by Crippen LogP contribution is 2.24. The van der Waals surface area contributed by atoms with Crippen LogP contribution in [0.5, 0.6) is 0 Å². The number of amides is 2. The molecule has 5 nitrogen and oxygen atoms in total. The van der Waals surface area contributed by atoms with E-state index in [1.165, 1.54) is 0 Å². The number of nitrogens with one attached hydrogen (secondary N) is 3. The maximum Gasteiger partial charge on any atom is 0.243 e. The van der Waals surface area contributed by atoms with Gasteiger partial charge in [-0.2, -0.15) is 0 Å². The molecule has 0 aliphatic carbocycles. The molecule has 0 heterocycles. The number of anilines is 3. The van der Waals surface area contributed by atoms with Crippen molar-refractivity contribution in [3.8, 4) is 0 Å². The van der Waals surface area contributed by atoms with E-state index >= 15 is 0 Å². The van der Waals surface area contributed by atoms with Gasteiger partial charge in [0.05, 0.1) is 6.54 Å². The van der Waals surface area contributed by atoms with Crippen LogP contribution in [0, 0.1) is 13.8 Å². The van der Waals surface area contributed by atoms with Gasteiger partial charge >= 0.3 is 0 Å².